The molecule has 0 aliphatic carbocycles. The van der Waals surface area contributed by atoms with E-state index < -0.39 is 0 Å². The van der Waals surface area contributed by atoms with Crippen molar-refractivity contribution in [3.63, 3.8) is 0 Å². The van der Waals surface area contributed by atoms with E-state index in [1.807, 2.05) is 74.8 Å². The van der Waals surface area contributed by atoms with Crippen molar-refractivity contribution in [3.05, 3.63) is 65.7 Å². The minimum absolute atomic E-state index is 0.529. The lowest BCUT2D eigenvalue weighted by atomic mass is 10.1. The van der Waals surface area contributed by atoms with Crippen molar-refractivity contribution in [2.24, 2.45) is 0 Å². The maximum Gasteiger partial charge on any atom is 0.229 e. The van der Waals surface area contributed by atoms with Gasteiger partial charge in [-0.05, 0) is 32.3 Å². The van der Waals surface area contributed by atoms with Crippen LogP contribution in [0.3, 0.4) is 0 Å². The van der Waals surface area contributed by atoms with Gasteiger partial charge in [-0.1, -0.05) is 48.0 Å². The minimum atomic E-state index is 0.529. The molecule has 0 bridgehead atoms. The maximum atomic E-state index is 6.07. The molecule has 5 nitrogen and oxygen atoms in total. The molecular weight excluding hydrogens is 346 g/mol. The average molecular weight is 368 g/mol. The van der Waals surface area contributed by atoms with Gasteiger partial charge in [-0.3, -0.25) is 0 Å². The first-order valence-electron chi connectivity index (χ1n) is 8.46. The van der Waals surface area contributed by atoms with Gasteiger partial charge >= 0.3 is 0 Å². The standard InChI is InChI=1S/C20H22ClN5/c1-26(2)12-11-22-19-14-18(15-7-4-3-5-8-15)24-20(25-19)23-17-10-6-9-16(21)13-17/h3-10,13-14H,11-12H2,1-2H3,(H2,22,23,24,25). The van der Waals surface area contributed by atoms with E-state index in [0.29, 0.717) is 11.0 Å². The largest absolute Gasteiger partial charge is 0.369 e. The lowest BCUT2D eigenvalue weighted by Crippen LogP contribution is -2.21. The van der Waals surface area contributed by atoms with Crippen molar-refractivity contribution >= 4 is 29.1 Å². The highest BCUT2D eigenvalue weighted by Crippen LogP contribution is 2.24. The number of nitrogens with zero attached hydrogens (tertiary/aromatic N) is 3. The molecule has 3 rings (SSSR count). The zero-order chi connectivity index (χ0) is 18.4. The van der Waals surface area contributed by atoms with Crippen LogP contribution in [0, 0.1) is 0 Å². The lowest BCUT2D eigenvalue weighted by molar-refractivity contribution is 0.425. The third-order valence-electron chi connectivity index (χ3n) is 3.74. The molecule has 0 amide bonds. The van der Waals surface area contributed by atoms with E-state index in [9.17, 15) is 0 Å². The molecule has 6 heteroatoms. The predicted octanol–water partition coefficient (Wildman–Crippen LogP) is 4.51. The third kappa shape index (κ3) is 5.18. The summed E-state index contributed by atoms with van der Waals surface area (Å²) in [4.78, 5) is 11.4. The van der Waals surface area contributed by atoms with Gasteiger partial charge in [-0.25, -0.2) is 4.98 Å². The summed E-state index contributed by atoms with van der Waals surface area (Å²) in [5.74, 6) is 1.31. The average Bonchev–Trinajstić information content (AvgIpc) is 2.62. The quantitative estimate of drug-likeness (QED) is 0.643. The molecule has 0 fully saturated rings. The third-order valence-corrected chi connectivity index (χ3v) is 3.98. The van der Waals surface area contributed by atoms with Gasteiger partial charge in [0.25, 0.3) is 0 Å². The zero-order valence-electron chi connectivity index (χ0n) is 14.9. The number of rotatable bonds is 7. The van der Waals surface area contributed by atoms with E-state index in [1.165, 1.54) is 0 Å². The number of benzene rings is 2. The Morgan fingerprint density at radius 2 is 1.77 bits per heavy atom. The molecule has 0 unspecified atom stereocenters. The first kappa shape index (κ1) is 18.2. The summed E-state index contributed by atoms with van der Waals surface area (Å²) in [6.07, 6.45) is 0. The summed E-state index contributed by atoms with van der Waals surface area (Å²) in [6, 6.07) is 19.5. The molecule has 2 aromatic carbocycles. The Morgan fingerprint density at radius 1 is 0.962 bits per heavy atom. The lowest BCUT2D eigenvalue weighted by Gasteiger charge is -2.13. The fraction of sp³-hybridized carbons (Fsp3) is 0.200. The molecule has 2 N–H and O–H groups in total. The maximum absolute atomic E-state index is 6.07. The number of anilines is 3. The summed E-state index contributed by atoms with van der Waals surface area (Å²) >= 11 is 6.07. The molecular formula is C20H22ClN5. The van der Waals surface area contributed by atoms with Crippen LogP contribution in [0.4, 0.5) is 17.5 Å². The molecule has 0 atom stereocenters. The number of hydrogen-bond donors (Lipinski definition) is 2. The fourth-order valence-electron chi connectivity index (χ4n) is 2.45. The summed E-state index contributed by atoms with van der Waals surface area (Å²) in [7, 11) is 4.09. The molecule has 1 aromatic heterocycles. The normalized spacial score (nSPS) is 10.8. The first-order valence-corrected chi connectivity index (χ1v) is 8.83. The summed E-state index contributed by atoms with van der Waals surface area (Å²) < 4.78 is 0. The fourth-order valence-corrected chi connectivity index (χ4v) is 2.64. The van der Waals surface area contributed by atoms with Crippen molar-refractivity contribution in [2.45, 2.75) is 0 Å². The van der Waals surface area contributed by atoms with Crippen LogP contribution in [0.1, 0.15) is 0 Å². The van der Waals surface area contributed by atoms with Gasteiger partial charge in [-0.15, -0.1) is 0 Å². The van der Waals surface area contributed by atoms with E-state index in [2.05, 4.69) is 25.5 Å². The van der Waals surface area contributed by atoms with Crippen LogP contribution >= 0.6 is 11.6 Å². The Morgan fingerprint density at radius 3 is 2.50 bits per heavy atom. The van der Waals surface area contributed by atoms with Crippen LogP contribution in [0.25, 0.3) is 11.3 Å². The van der Waals surface area contributed by atoms with E-state index >= 15 is 0 Å². The van der Waals surface area contributed by atoms with Crippen molar-refractivity contribution in [1.29, 1.82) is 0 Å². The Labute approximate surface area is 159 Å². The smallest absolute Gasteiger partial charge is 0.229 e. The monoisotopic (exact) mass is 367 g/mol. The highest BCUT2D eigenvalue weighted by Gasteiger charge is 2.07. The molecule has 0 saturated heterocycles. The van der Waals surface area contributed by atoms with Crippen LogP contribution in [0.5, 0.6) is 0 Å². The number of halogens is 1. The first-order chi connectivity index (χ1) is 12.6. The van der Waals surface area contributed by atoms with Gasteiger partial charge in [0.2, 0.25) is 5.95 Å². The van der Waals surface area contributed by atoms with E-state index in [-0.39, 0.29) is 0 Å². The summed E-state index contributed by atoms with van der Waals surface area (Å²) in [5, 5.41) is 7.27. The second-order valence-corrected chi connectivity index (χ2v) is 6.63. The molecule has 0 aliphatic rings. The van der Waals surface area contributed by atoms with Crippen molar-refractivity contribution in [2.75, 3.05) is 37.8 Å². The van der Waals surface area contributed by atoms with Crippen LogP contribution in [-0.4, -0.2) is 42.1 Å². The number of likely N-dealkylation sites (N-methyl/N-ethyl adjacent to an activating group) is 1. The minimum Gasteiger partial charge on any atom is -0.369 e. The van der Waals surface area contributed by atoms with Crippen molar-refractivity contribution < 1.29 is 0 Å². The Bertz CT molecular complexity index is 852. The van der Waals surface area contributed by atoms with Gasteiger partial charge < -0.3 is 15.5 Å². The summed E-state index contributed by atoms with van der Waals surface area (Å²) in [6.45, 7) is 1.72. The van der Waals surface area contributed by atoms with Crippen LogP contribution in [0.2, 0.25) is 5.02 Å². The molecule has 134 valence electrons. The topological polar surface area (TPSA) is 53.1 Å². The Balaban J connectivity index is 1.89. The van der Waals surface area contributed by atoms with Gasteiger partial charge in [0.15, 0.2) is 0 Å². The summed E-state index contributed by atoms with van der Waals surface area (Å²) in [5.41, 5.74) is 2.75. The molecule has 3 aromatic rings. The second kappa shape index (κ2) is 8.65. The SMILES string of the molecule is CN(C)CCNc1cc(-c2ccccc2)nc(Nc2cccc(Cl)c2)n1. The predicted molar refractivity (Wildman–Crippen MR) is 109 cm³/mol. The highest BCUT2D eigenvalue weighted by molar-refractivity contribution is 6.30. The Kier molecular flexibility index (Phi) is 6.04. The Hall–Kier alpha value is -2.63. The van der Waals surface area contributed by atoms with Gasteiger partial charge in [0.1, 0.15) is 5.82 Å². The molecule has 0 aliphatic heterocycles. The van der Waals surface area contributed by atoms with Gasteiger partial charge in [-0.2, -0.15) is 4.98 Å². The van der Waals surface area contributed by atoms with Crippen molar-refractivity contribution in [1.82, 2.24) is 14.9 Å². The molecule has 0 spiro atoms. The highest BCUT2D eigenvalue weighted by atomic mass is 35.5. The van der Waals surface area contributed by atoms with Crippen molar-refractivity contribution in [3.8, 4) is 11.3 Å². The van der Waals surface area contributed by atoms with Gasteiger partial charge in [0.05, 0.1) is 5.69 Å². The van der Waals surface area contributed by atoms with E-state index in [4.69, 9.17) is 11.6 Å². The molecule has 1 heterocycles. The zero-order valence-corrected chi connectivity index (χ0v) is 15.7. The molecule has 26 heavy (non-hydrogen) atoms. The van der Waals surface area contributed by atoms with Crippen LogP contribution in [0.15, 0.2) is 60.7 Å². The second-order valence-electron chi connectivity index (χ2n) is 6.19. The molecule has 0 saturated carbocycles. The van der Waals surface area contributed by atoms with Gasteiger partial charge in [0, 0.05) is 35.4 Å². The molecule has 0 radical (unpaired) electrons. The number of hydrogen-bond acceptors (Lipinski definition) is 5. The van der Waals surface area contributed by atoms with Crippen LogP contribution in [-0.2, 0) is 0 Å². The van der Waals surface area contributed by atoms with E-state index in [1.54, 1.807) is 0 Å². The number of aromatic nitrogens is 2. The van der Waals surface area contributed by atoms with Crippen LogP contribution < -0.4 is 10.6 Å². The van der Waals surface area contributed by atoms with E-state index in [0.717, 1.165) is 35.9 Å². The number of nitrogens with one attached hydrogen (secondary N) is 2.